The van der Waals surface area contributed by atoms with E-state index in [2.05, 4.69) is 6.92 Å². The Kier molecular flexibility index (Phi) is 3.41. The number of carbonyl (C=O) groups is 1. The lowest BCUT2D eigenvalue weighted by Gasteiger charge is -2.21. The molecule has 2 heterocycles. The highest BCUT2D eigenvalue weighted by Crippen LogP contribution is 2.28. The van der Waals surface area contributed by atoms with E-state index in [0.29, 0.717) is 6.04 Å². The maximum Gasteiger partial charge on any atom is 0.254 e. The lowest BCUT2D eigenvalue weighted by atomic mass is 10.1. The van der Waals surface area contributed by atoms with Gasteiger partial charge in [-0.25, -0.2) is 0 Å². The van der Waals surface area contributed by atoms with Crippen molar-refractivity contribution in [2.24, 2.45) is 0 Å². The third kappa shape index (κ3) is 2.52. The van der Waals surface area contributed by atoms with Crippen molar-refractivity contribution < 1.29 is 9.21 Å². The highest BCUT2D eigenvalue weighted by atomic mass is 16.3. The average Bonchev–Trinajstić information content (AvgIpc) is 3.20. The second-order valence-corrected chi connectivity index (χ2v) is 6.22. The number of hydrogen-bond donors (Lipinski definition) is 0. The Hall–Kier alpha value is -2.55. The summed E-state index contributed by atoms with van der Waals surface area (Å²) in [6, 6.07) is 18.1. The molecule has 116 valence electrons. The fourth-order valence-corrected chi connectivity index (χ4v) is 3.30. The molecule has 1 aliphatic heterocycles. The van der Waals surface area contributed by atoms with Crippen LogP contribution < -0.4 is 0 Å². The van der Waals surface area contributed by atoms with E-state index in [1.165, 1.54) is 0 Å². The Morgan fingerprint density at radius 2 is 1.91 bits per heavy atom. The predicted octanol–water partition coefficient (Wildman–Crippen LogP) is 4.72. The molecule has 0 unspecified atom stereocenters. The first kappa shape index (κ1) is 14.1. The van der Waals surface area contributed by atoms with Crippen molar-refractivity contribution in [1.82, 2.24) is 4.90 Å². The third-order valence-electron chi connectivity index (χ3n) is 4.66. The van der Waals surface area contributed by atoms with Gasteiger partial charge >= 0.3 is 0 Å². The number of amides is 1. The molecule has 3 heteroatoms. The fourth-order valence-electron chi connectivity index (χ4n) is 3.30. The summed E-state index contributed by atoms with van der Waals surface area (Å²) in [6.07, 6.45) is 2.20. The van der Waals surface area contributed by atoms with Crippen LogP contribution in [-0.2, 0) is 0 Å². The highest BCUT2D eigenvalue weighted by Gasteiger charge is 2.25. The van der Waals surface area contributed by atoms with Crippen LogP contribution in [-0.4, -0.2) is 23.4 Å². The number of furan rings is 1. The molecule has 23 heavy (non-hydrogen) atoms. The van der Waals surface area contributed by atoms with Gasteiger partial charge in [0.25, 0.3) is 5.91 Å². The van der Waals surface area contributed by atoms with E-state index in [-0.39, 0.29) is 5.91 Å². The second-order valence-electron chi connectivity index (χ2n) is 6.22. The van der Waals surface area contributed by atoms with Crippen LogP contribution in [0.3, 0.4) is 0 Å². The molecule has 1 aliphatic rings. The number of fused-ring (bicyclic) bond motifs is 1. The van der Waals surface area contributed by atoms with Gasteiger partial charge in [0.2, 0.25) is 0 Å². The zero-order chi connectivity index (χ0) is 15.8. The molecule has 0 bridgehead atoms. The maximum absolute atomic E-state index is 12.5. The number of carbonyl (C=O) groups excluding carboxylic acids is 1. The van der Waals surface area contributed by atoms with Crippen molar-refractivity contribution in [3.8, 4) is 11.3 Å². The van der Waals surface area contributed by atoms with Crippen molar-refractivity contribution in [3.63, 3.8) is 0 Å². The van der Waals surface area contributed by atoms with Gasteiger partial charge in [-0.1, -0.05) is 30.3 Å². The van der Waals surface area contributed by atoms with Crippen molar-refractivity contribution in [1.29, 1.82) is 0 Å². The number of rotatable bonds is 2. The number of hydrogen-bond acceptors (Lipinski definition) is 2. The van der Waals surface area contributed by atoms with Gasteiger partial charge in [0.15, 0.2) is 0 Å². The van der Waals surface area contributed by atoms with Crippen molar-refractivity contribution in [3.05, 3.63) is 60.2 Å². The third-order valence-corrected chi connectivity index (χ3v) is 4.66. The molecule has 0 spiro atoms. The van der Waals surface area contributed by atoms with Crippen LogP contribution in [0, 0.1) is 0 Å². The molecule has 0 radical (unpaired) electrons. The molecule has 1 amide bonds. The second kappa shape index (κ2) is 5.58. The molecule has 1 aromatic heterocycles. The van der Waals surface area contributed by atoms with Gasteiger partial charge in [-0.2, -0.15) is 0 Å². The molecule has 1 saturated heterocycles. The molecule has 0 N–H and O–H groups in total. The van der Waals surface area contributed by atoms with Gasteiger partial charge < -0.3 is 9.32 Å². The summed E-state index contributed by atoms with van der Waals surface area (Å²) in [6.45, 7) is 2.99. The number of nitrogens with zero attached hydrogens (tertiary/aromatic N) is 1. The smallest absolute Gasteiger partial charge is 0.254 e. The van der Waals surface area contributed by atoms with Gasteiger partial charge in [0, 0.05) is 29.1 Å². The normalized spacial score (nSPS) is 17.8. The molecular weight excluding hydrogens is 286 g/mol. The quantitative estimate of drug-likeness (QED) is 0.686. The van der Waals surface area contributed by atoms with E-state index in [4.69, 9.17) is 4.42 Å². The van der Waals surface area contributed by atoms with Crippen molar-refractivity contribution in [2.45, 2.75) is 25.8 Å². The monoisotopic (exact) mass is 305 g/mol. The molecule has 0 aliphatic carbocycles. The Morgan fingerprint density at radius 3 is 2.61 bits per heavy atom. The van der Waals surface area contributed by atoms with Crippen LogP contribution in [0.25, 0.3) is 22.3 Å². The lowest BCUT2D eigenvalue weighted by molar-refractivity contribution is 0.0747. The van der Waals surface area contributed by atoms with Gasteiger partial charge in [0.05, 0.1) is 0 Å². The molecular formula is C20H19NO2. The van der Waals surface area contributed by atoms with Crippen LogP contribution in [0.2, 0.25) is 0 Å². The summed E-state index contributed by atoms with van der Waals surface area (Å²) in [7, 11) is 0. The van der Waals surface area contributed by atoms with Crippen LogP contribution in [0.1, 0.15) is 30.1 Å². The summed E-state index contributed by atoms with van der Waals surface area (Å²) >= 11 is 0. The van der Waals surface area contributed by atoms with Gasteiger partial charge in [-0.15, -0.1) is 0 Å². The maximum atomic E-state index is 12.5. The van der Waals surface area contributed by atoms with Gasteiger partial charge in [-0.3, -0.25) is 4.79 Å². The van der Waals surface area contributed by atoms with E-state index in [9.17, 15) is 4.79 Å². The Labute approximate surface area is 135 Å². The number of para-hydroxylation sites is 1. The van der Waals surface area contributed by atoms with Crippen LogP contribution in [0.5, 0.6) is 0 Å². The topological polar surface area (TPSA) is 33.5 Å². The van der Waals surface area contributed by atoms with E-state index >= 15 is 0 Å². The van der Waals surface area contributed by atoms with E-state index in [0.717, 1.165) is 47.2 Å². The van der Waals surface area contributed by atoms with Crippen LogP contribution in [0.4, 0.5) is 0 Å². The first-order valence-electron chi connectivity index (χ1n) is 8.12. The summed E-state index contributed by atoms with van der Waals surface area (Å²) < 4.78 is 5.88. The Morgan fingerprint density at radius 1 is 1.13 bits per heavy atom. The van der Waals surface area contributed by atoms with Crippen LogP contribution in [0.15, 0.2) is 59.0 Å². The summed E-state index contributed by atoms with van der Waals surface area (Å²) in [5.41, 5.74) is 2.62. The van der Waals surface area contributed by atoms with E-state index < -0.39 is 0 Å². The zero-order valence-electron chi connectivity index (χ0n) is 13.2. The zero-order valence-corrected chi connectivity index (χ0v) is 13.2. The number of benzene rings is 2. The molecule has 0 saturated carbocycles. The molecule has 1 atom stereocenters. The predicted molar refractivity (Wildman–Crippen MR) is 91.4 cm³/mol. The van der Waals surface area contributed by atoms with E-state index in [1.54, 1.807) is 0 Å². The molecule has 3 nitrogen and oxygen atoms in total. The minimum absolute atomic E-state index is 0.131. The highest BCUT2D eigenvalue weighted by molar-refractivity contribution is 5.95. The summed E-state index contributed by atoms with van der Waals surface area (Å²) in [5, 5.41) is 1.09. The minimum Gasteiger partial charge on any atom is -0.456 e. The van der Waals surface area contributed by atoms with Crippen molar-refractivity contribution >= 4 is 16.9 Å². The Bertz CT molecular complexity index is 814. The largest absolute Gasteiger partial charge is 0.456 e. The number of likely N-dealkylation sites (tertiary alicyclic amines) is 1. The van der Waals surface area contributed by atoms with Gasteiger partial charge in [-0.05, 0) is 44.0 Å². The fraction of sp³-hybridized carbons (Fsp3) is 0.250. The summed E-state index contributed by atoms with van der Waals surface area (Å²) in [4.78, 5) is 14.5. The van der Waals surface area contributed by atoms with Crippen molar-refractivity contribution in [2.75, 3.05) is 6.54 Å². The van der Waals surface area contributed by atoms with Gasteiger partial charge in [0.1, 0.15) is 11.3 Å². The molecule has 2 aromatic carbocycles. The molecule has 4 rings (SSSR count). The summed E-state index contributed by atoms with van der Waals surface area (Å²) in [5.74, 6) is 0.964. The minimum atomic E-state index is 0.131. The SMILES string of the molecule is C[C@@H]1CCCN1C(=O)c1ccc(-c2cc3ccccc3o2)cc1. The first-order valence-corrected chi connectivity index (χ1v) is 8.12. The lowest BCUT2D eigenvalue weighted by Crippen LogP contribution is -2.33. The molecule has 1 fully saturated rings. The standard InChI is InChI=1S/C20H19NO2/c1-14-5-4-12-21(14)20(22)16-10-8-15(9-11-16)19-13-17-6-2-3-7-18(17)23-19/h2-3,6-11,13-14H,4-5,12H2,1H3/t14-/m1/s1. The molecule has 3 aromatic rings. The average molecular weight is 305 g/mol. The van der Waals surface area contributed by atoms with Crippen LogP contribution >= 0.6 is 0 Å². The van der Waals surface area contributed by atoms with E-state index in [1.807, 2.05) is 59.5 Å². The Balaban J connectivity index is 1.61. The first-order chi connectivity index (χ1) is 11.2.